The molecule has 5 nitrogen and oxygen atoms in total. The van der Waals surface area contributed by atoms with Crippen LogP contribution in [0, 0.1) is 5.82 Å². The maximum atomic E-state index is 14.3. The normalized spacial score (nSPS) is 10.8. The Balaban J connectivity index is 2.41. The van der Waals surface area contributed by atoms with Gasteiger partial charge in [0.2, 0.25) is 0 Å². The molecule has 0 N–H and O–H groups in total. The van der Waals surface area contributed by atoms with Gasteiger partial charge in [-0.15, -0.1) is 0 Å². The Morgan fingerprint density at radius 2 is 2.08 bits per heavy atom. The zero-order valence-electron chi connectivity index (χ0n) is 12.7. The van der Waals surface area contributed by atoms with Crippen molar-refractivity contribution in [2.75, 3.05) is 13.2 Å². The molecule has 1 aromatic carbocycles. The number of hydrogen-bond acceptors (Lipinski definition) is 5. The van der Waals surface area contributed by atoms with E-state index in [-0.39, 0.29) is 28.1 Å². The summed E-state index contributed by atoms with van der Waals surface area (Å²) in [5.74, 6) is -1.28. The van der Waals surface area contributed by atoms with Crippen LogP contribution >= 0.6 is 27.5 Å². The van der Waals surface area contributed by atoms with Crippen LogP contribution in [0.5, 0.6) is 5.75 Å². The fraction of sp³-hybridized carbons (Fsp3) is 0.267. The number of carbonyl (C=O) groups is 1. The lowest BCUT2D eigenvalue weighted by molar-refractivity contribution is -0.145. The molecule has 0 unspecified atom stereocenters. The highest BCUT2D eigenvalue weighted by atomic mass is 79.9. The molecular formula is C15H11BrClF3N2O3. The number of nitrogens with zero attached hydrogens (tertiary/aromatic N) is 2. The third-order valence-corrected chi connectivity index (χ3v) is 3.94. The van der Waals surface area contributed by atoms with Crippen molar-refractivity contribution in [3.8, 4) is 17.0 Å². The van der Waals surface area contributed by atoms with Crippen LogP contribution in [0.3, 0.4) is 0 Å². The third kappa shape index (κ3) is 4.60. The van der Waals surface area contributed by atoms with Crippen molar-refractivity contribution < 1.29 is 27.4 Å². The van der Waals surface area contributed by atoms with E-state index in [9.17, 15) is 18.0 Å². The molecule has 2 rings (SSSR count). The van der Waals surface area contributed by atoms with Crippen molar-refractivity contribution in [1.29, 1.82) is 0 Å². The van der Waals surface area contributed by atoms with Gasteiger partial charge in [-0.1, -0.05) is 11.6 Å². The van der Waals surface area contributed by atoms with E-state index in [1.807, 2.05) is 0 Å². The van der Waals surface area contributed by atoms with Gasteiger partial charge in [0.15, 0.2) is 6.61 Å². The summed E-state index contributed by atoms with van der Waals surface area (Å²) in [4.78, 5) is 18.5. The molecule has 0 aliphatic rings. The number of carbonyl (C=O) groups excluding carboxylic acids is 1. The molecular weight excluding hydrogens is 429 g/mol. The summed E-state index contributed by atoms with van der Waals surface area (Å²) >= 11 is 8.97. The van der Waals surface area contributed by atoms with Gasteiger partial charge in [-0.05, 0) is 35.0 Å². The molecule has 0 spiro atoms. The highest BCUT2D eigenvalue weighted by Crippen LogP contribution is 2.37. The molecule has 0 saturated carbocycles. The van der Waals surface area contributed by atoms with Crippen LogP contribution in [-0.4, -0.2) is 29.2 Å². The molecule has 0 atom stereocenters. The van der Waals surface area contributed by atoms with Crippen LogP contribution in [0.25, 0.3) is 11.3 Å². The van der Waals surface area contributed by atoms with Crippen LogP contribution in [0.2, 0.25) is 5.02 Å². The molecule has 0 amide bonds. The Kier molecular flexibility index (Phi) is 6.60. The summed E-state index contributed by atoms with van der Waals surface area (Å²) in [6, 6.07) is 2.25. The second-order valence-electron chi connectivity index (χ2n) is 4.58. The molecule has 0 saturated heterocycles. The third-order valence-electron chi connectivity index (χ3n) is 2.95. The smallest absolute Gasteiger partial charge is 0.344 e. The van der Waals surface area contributed by atoms with Crippen molar-refractivity contribution in [2.24, 2.45) is 0 Å². The number of alkyl halides is 2. The first kappa shape index (κ1) is 19.5. The lowest BCUT2D eigenvalue weighted by Crippen LogP contribution is -2.14. The number of halogens is 5. The summed E-state index contributed by atoms with van der Waals surface area (Å²) in [6.07, 6.45) is -2.07. The summed E-state index contributed by atoms with van der Waals surface area (Å²) in [5.41, 5.74) is -1.09. The maximum Gasteiger partial charge on any atom is 0.344 e. The molecule has 25 heavy (non-hydrogen) atoms. The number of ether oxygens (including phenoxy) is 2. The number of benzene rings is 1. The van der Waals surface area contributed by atoms with Crippen molar-refractivity contribution in [3.63, 3.8) is 0 Å². The summed E-state index contributed by atoms with van der Waals surface area (Å²) in [7, 11) is 0. The first-order valence-electron chi connectivity index (χ1n) is 6.91. The van der Waals surface area contributed by atoms with Gasteiger partial charge in [-0.25, -0.2) is 27.9 Å². The molecule has 0 bridgehead atoms. The average Bonchev–Trinajstić information content (AvgIpc) is 2.55. The van der Waals surface area contributed by atoms with E-state index in [1.165, 1.54) is 6.07 Å². The highest BCUT2D eigenvalue weighted by molar-refractivity contribution is 9.10. The van der Waals surface area contributed by atoms with Crippen LogP contribution in [0.15, 0.2) is 22.9 Å². The van der Waals surface area contributed by atoms with Crippen LogP contribution in [0.4, 0.5) is 13.2 Å². The first-order valence-corrected chi connectivity index (χ1v) is 8.08. The van der Waals surface area contributed by atoms with Crippen molar-refractivity contribution in [3.05, 3.63) is 39.5 Å². The van der Waals surface area contributed by atoms with Crippen LogP contribution in [0.1, 0.15) is 19.0 Å². The largest absolute Gasteiger partial charge is 0.481 e. The van der Waals surface area contributed by atoms with Gasteiger partial charge in [0.25, 0.3) is 6.43 Å². The standard InChI is InChI=1S/C15H11BrClF3N2O3/c1-2-24-11(23)5-25-10-3-7(9(18)4-8(10)16)13-12(17)14(15(19)20)22-6-21-13/h3-4,6,15H,2,5H2,1H3. The Hall–Kier alpha value is -1.87. The minimum atomic E-state index is -2.94. The van der Waals surface area contributed by atoms with E-state index in [4.69, 9.17) is 21.1 Å². The number of hydrogen-bond donors (Lipinski definition) is 0. The lowest BCUT2D eigenvalue weighted by atomic mass is 10.1. The van der Waals surface area contributed by atoms with Crippen molar-refractivity contribution in [1.82, 2.24) is 9.97 Å². The van der Waals surface area contributed by atoms with E-state index < -0.39 is 35.5 Å². The van der Waals surface area contributed by atoms with Gasteiger partial charge in [-0.2, -0.15) is 0 Å². The first-order chi connectivity index (χ1) is 11.8. The second-order valence-corrected chi connectivity index (χ2v) is 5.81. The fourth-order valence-corrected chi connectivity index (χ4v) is 2.60. The van der Waals surface area contributed by atoms with Gasteiger partial charge < -0.3 is 9.47 Å². The van der Waals surface area contributed by atoms with Gasteiger partial charge in [-0.3, -0.25) is 0 Å². The Bertz CT molecular complexity index is 793. The number of aromatic nitrogens is 2. The Labute approximate surface area is 154 Å². The molecule has 134 valence electrons. The zero-order valence-corrected chi connectivity index (χ0v) is 15.1. The van der Waals surface area contributed by atoms with Gasteiger partial charge in [0.05, 0.1) is 21.8 Å². The molecule has 0 aliphatic carbocycles. The molecule has 10 heteroatoms. The van der Waals surface area contributed by atoms with Crippen LogP contribution in [-0.2, 0) is 9.53 Å². The lowest BCUT2D eigenvalue weighted by Gasteiger charge is -2.12. The second kappa shape index (κ2) is 8.48. The fourth-order valence-electron chi connectivity index (χ4n) is 1.88. The Morgan fingerprint density at radius 1 is 1.36 bits per heavy atom. The average molecular weight is 440 g/mol. The number of esters is 1. The topological polar surface area (TPSA) is 61.3 Å². The minimum absolute atomic E-state index is 0.0951. The van der Waals surface area contributed by atoms with E-state index in [2.05, 4.69) is 25.9 Å². The molecule has 1 aromatic heterocycles. The van der Waals surface area contributed by atoms with E-state index in [0.29, 0.717) is 0 Å². The minimum Gasteiger partial charge on any atom is -0.481 e. The summed E-state index contributed by atoms with van der Waals surface area (Å²) < 4.78 is 50.3. The van der Waals surface area contributed by atoms with Crippen LogP contribution < -0.4 is 4.74 Å². The summed E-state index contributed by atoms with van der Waals surface area (Å²) in [5, 5.41) is -0.463. The molecule has 0 aliphatic heterocycles. The maximum absolute atomic E-state index is 14.3. The van der Waals surface area contributed by atoms with Crippen molar-refractivity contribution in [2.45, 2.75) is 13.3 Å². The SMILES string of the molecule is CCOC(=O)COc1cc(-c2ncnc(C(F)F)c2Cl)c(F)cc1Br. The van der Waals surface area contributed by atoms with E-state index in [0.717, 1.165) is 12.4 Å². The van der Waals surface area contributed by atoms with Gasteiger partial charge in [0.1, 0.15) is 23.6 Å². The molecule has 2 aromatic rings. The van der Waals surface area contributed by atoms with Gasteiger partial charge >= 0.3 is 5.97 Å². The molecule has 0 radical (unpaired) electrons. The molecule has 0 fully saturated rings. The predicted molar refractivity (Wildman–Crippen MR) is 87.2 cm³/mol. The van der Waals surface area contributed by atoms with Crippen molar-refractivity contribution >= 4 is 33.5 Å². The predicted octanol–water partition coefficient (Wildman–Crippen LogP) is 4.58. The highest BCUT2D eigenvalue weighted by Gasteiger charge is 2.21. The number of rotatable bonds is 6. The van der Waals surface area contributed by atoms with E-state index in [1.54, 1.807) is 6.92 Å². The summed E-state index contributed by atoms with van der Waals surface area (Å²) in [6.45, 7) is 1.42. The zero-order chi connectivity index (χ0) is 18.6. The molecule has 1 heterocycles. The van der Waals surface area contributed by atoms with E-state index >= 15 is 0 Å². The van der Waals surface area contributed by atoms with Gasteiger partial charge in [0, 0.05) is 5.56 Å². The quantitative estimate of drug-likeness (QED) is 0.617. The monoisotopic (exact) mass is 438 g/mol. The Morgan fingerprint density at radius 3 is 2.72 bits per heavy atom.